The quantitative estimate of drug-likeness (QED) is 0.738. The van der Waals surface area contributed by atoms with Gasteiger partial charge in [-0.1, -0.05) is 12.1 Å². The molecule has 0 atom stereocenters. The van der Waals surface area contributed by atoms with E-state index in [2.05, 4.69) is 5.32 Å². The highest BCUT2D eigenvalue weighted by atomic mass is 16.2. The summed E-state index contributed by atoms with van der Waals surface area (Å²) in [4.78, 5) is 11.5. The molecule has 16 heavy (non-hydrogen) atoms. The van der Waals surface area contributed by atoms with Gasteiger partial charge in [-0.2, -0.15) is 5.26 Å². The number of rotatable bonds is 5. The van der Waals surface area contributed by atoms with Crippen molar-refractivity contribution in [1.82, 2.24) is 0 Å². The van der Waals surface area contributed by atoms with Crippen molar-refractivity contribution in [2.24, 2.45) is 0 Å². The summed E-state index contributed by atoms with van der Waals surface area (Å²) in [5.41, 5.74) is 0.997. The second kappa shape index (κ2) is 6.59. The van der Waals surface area contributed by atoms with Crippen molar-refractivity contribution in [3.63, 3.8) is 0 Å². The molecule has 84 valence electrons. The molecule has 0 aromatic heterocycles. The van der Waals surface area contributed by atoms with Gasteiger partial charge in [-0.05, 0) is 25.0 Å². The molecule has 0 aliphatic rings. The Morgan fingerprint density at radius 1 is 1.38 bits per heavy atom. The number of anilines is 1. The van der Waals surface area contributed by atoms with Gasteiger partial charge >= 0.3 is 0 Å². The van der Waals surface area contributed by atoms with Gasteiger partial charge in [0.1, 0.15) is 6.07 Å². The first-order chi connectivity index (χ1) is 7.77. The first-order valence-corrected chi connectivity index (χ1v) is 5.17. The molecule has 0 aliphatic carbocycles. The highest BCUT2D eigenvalue weighted by Crippen LogP contribution is 2.13. The molecule has 4 heteroatoms. The number of amides is 1. The molecule has 0 fully saturated rings. The maximum atomic E-state index is 11.5. The van der Waals surface area contributed by atoms with E-state index in [1.807, 2.05) is 6.07 Å². The summed E-state index contributed by atoms with van der Waals surface area (Å²) in [7, 11) is 0. The molecular weight excluding hydrogens is 204 g/mol. The predicted octanol–water partition coefficient (Wildman–Crippen LogP) is 1.66. The van der Waals surface area contributed by atoms with Crippen molar-refractivity contribution in [2.45, 2.75) is 19.3 Å². The molecule has 0 aliphatic heterocycles. The van der Waals surface area contributed by atoms with Gasteiger partial charge in [0.15, 0.2) is 0 Å². The average Bonchev–Trinajstić information content (AvgIpc) is 2.30. The standard InChI is InChI=1S/C12H14N2O2/c13-9-10-5-1-2-6-11(10)14-12(16)7-3-4-8-15/h1-2,5-6,15H,3-4,7-8H2,(H,14,16). The number of aliphatic hydroxyl groups is 1. The smallest absolute Gasteiger partial charge is 0.224 e. The largest absolute Gasteiger partial charge is 0.396 e. The van der Waals surface area contributed by atoms with Gasteiger partial charge in [0.05, 0.1) is 11.3 Å². The normalized spacial score (nSPS) is 9.50. The Bertz CT molecular complexity index is 396. The zero-order chi connectivity index (χ0) is 11.8. The van der Waals surface area contributed by atoms with Crippen molar-refractivity contribution >= 4 is 11.6 Å². The minimum Gasteiger partial charge on any atom is -0.396 e. The molecule has 0 radical (unpaired) electrons. The number of benzene rings is 1. The van der Waals surface area contributed by atoms with Gasteiger partial charge in [0.25, 0.3) is 0 Å². The van der Waals surface area contributed by atoms with Gasteiger partial charge < -0.3 is 10.4 Å². The lowest BCUT2D eigenvalue weighted by Gasteiger charge is -2.06. The van der Waals surface area contributed by atoms with E-state index >= 15 is 0 Å². The van der Waals surface area contributed by atoms with Crippen LogP contribution in [0.5, 0.6) is 0 Å². The van der Waals surface area contributed by atoms with Crippen LogP contribution in [-0.4, -0.2) is 17.6 Å². The Hall–Kier alpha value is -1.86. The number of nitriles is 1. The Kier molecular flexibility index (Phi) is 5.03. The summed E-state index contributed by atoms with van der Waals surface area (Å²) in [6.07, 6.45) is 1.63. The topological polar surface area (TPSA) is 73.1 Å². The summed E-state index contributed by atoms with van der Waals surface area (Å²) < 4.78 is 0. The van der Waals surface area contributed by atoms with Crippen LogP contribution in [0.1, 0.15) is 24.8 Å². The Morgan fingerprint density at radius 2 is 2.12 bits per heavy atom. The molecule has 1 amide bonds. The number of carbonyl (C=O) groups is 1. The van der Waals surface area contributed by atoms with Crippen LogP contribution in [-0.2, 0) is 4.79 Å². The molecule has 0 spiro atoms. The zero-order valence-corrected chi connectivity index (χ0v) is 8.94. The highest BCUT2D eigenvalue weighted by molar-refractivity contribution is 5.92. The first-order valence-electron chi connectivity index (χ1n) is 5.17. The molecular formula is C12H14N2O2. The summed E-state index contributed by atoms with van der Waals surface area (Å²) in [5, 5.41) is 20.1. The Balaban J connectivity index is 2.53. The lowest BCUT2D eigenvalue weighted by molar-refractivity contribution is -0.116. The third-order valence-corrected chi connectivity index (χ3v) is 2.13. The second-order valence-electron chi connectivity index (χ2n) is 3.39. The van der Waals surface area contributed by atoms with Crippen molar-refractivity contribution in [1.29, 1.82) is 5.26 Å². The molecule has 0 saturated carbocycles. The molecule has 0 bridgehead atoms. The van der Waals surface area contributed by atoms with Crippen LogP contribution in [0.25, 0.3) is 0 Å². The van der Waals surface area contributed by atoms with Crippen LogP contribution in [0.3, 0.4) is 0 Å². The van der Waals surface area contributed by atoms with E-state index in [9.17, 15) is 4.79 Å². The number of unbranched alkanes of at least 4 members (excludes halogenated alkanes) is 1. The number of hydrogen-bond acceptors (Lipinski definition) is 3. The van der Waals surface area contributed by atoms with Crippen LogP contribution in [0.4, 0.5) is 5.69 Å². The first kappa shape index (κ1) is 12.2. The van der Waals surface area contributed by atoms with Gasteiger partial charge in [-0.25, -0.2) is 0 Å². The average molecular weight is 218 g/mol. The number of aliphatic hydroxyl groups excluding tert-OH is 1. The van der Waals surface area contributed by atoms with E-state index in [0.717, 1.165) is 0 Å². The Morgan fingerprint density at radius 3 is 2.81 bits per heavy atom. The maximum Gasteiger partial charge on any atom is 0.224 e. The monoisotopic (exact) mass is 218 g/mol. The second-order valence-corrected chi connectivity index (χ2v) is 3.39. The van der Waals surface area contributed by atoms with Crippen LogP contribution < -0.4 is 5.32 Å². The SMILES string of the molecule is N#Cc1ccccc1NC(=O)CCCCO. The summed E-state index contributed by atoms with van der Waals surface area (Å²) >= 11 is 0. The van der Waals surface area contributed by atoms with Crippen molar-refractivity contribution in [3.8, 4) is 6.07 Å². The molecule has 4 nitrogen and oxygen atoms in total. The molecule has 0 unspecified atom stereocenters. The molecule has 0 saturated heterocycles. The van der Waals surface area contributed by atoms with Gasteiger partial charge in [-0.3, -0.25) is 4.79 Å². The molecule has 1 rings (SSSR count). The number of nitrogens with zero attached hydrogens (tertiary/aromatic N) is 1. The fourth-order valence-corrected chi connectivity index (χ4v) is 1.30. The highest BCUT2D eigenvalue weighted by Gasteiger charge is 2.05. The van der Waals surface area contributed by atoms with E-state index < -0.39 is 0 Å². The molecule has 0 heterocycles. The lowest BCUT2D eigenvalue weighted by Crippen LogP contribution is -2.12. The summed E-state index contributed by atoms with van der Waals surface area (Å²) in [6, 6.07) is 8.88. The van der Waals surface area contributed by atoms with E-state index in [1.165, 1.54) is 0 Å². The minimum absolute atomic E-state index is 0.0993. The van der Waals surface area contributed by atoms with E-state index in [1.54, 1.807) is 24.3 Å². The predicted molar refractivity (Wildman–Crippen MR) is 60.7 cm³/mol. The van der Waals surface area contributed by atoms with Gasteiger partial charge in [0.2, 0.25) is 5.91 Å². The number of para-hydroxylation sites is 1. The molecule has 2 N–H and O–H groups in total. The Labute approximate surface area is 94.5 Å². The van der Waals surface area contributed by atoms with E-state index in [0.29, 0.717) is 30.5 Å². The minimum atomic E-state index is -0.129. The molecule has 1 aromatic rings. The number of nitrogens with one attached hydrogen (secondary N) is 1. The van der Waals surface area contributed by atoms with Crippen molar-refractivity contribution in [2.75, 3.05) is 11.9 Å². The fourth-order valence-electron chi connectivity index (χ4n) is 1.30. The van der Waals surface area contributed by atoms with Crippen LogP contribution in [0.2, 0.25) is 0 Å². The third kappa shape index (κ3) is 3.71. The third-order valence-electron chi connectivity index (χ3n) is 2.13. The number of hydrogen-bond donors (Lipinski definition) is 2. The van der Waals surface area contributed by atoms with Crippen LogP contribution in [0, 0.1) is 11.3 Å². The fraction of sp³-hybridized carbons (Fsp3) is 0.333. The maximum absolute atomic E-state index is 11.5. The van der Waals surface area contributed by atoms with Crippen LogP contribution in [0.15, 0.2) is 24.3 Å². The number of carbonyl (C=O) groups excluding carboxylic acids is 1. The van der Waals surface area contributed by atoms with Gasteiger partial charge in [-0.15, -0.1) is 0 Å². The van der Waals surface area contributed by atoms with E-state index in [4.69, 9.17) is 10.4 Å². The van der Waals surface area contributed by atoms with Crippen molar-refractivity contribution in [3.05, 3.63) is 29.8 Å². The van der Waals surface area contributed by atoms with E-state index in [-0.39, 0.29) is 12.5 Å². The lowest BCUT2D eigenvalue weighted by atomic mass is 10.2. The van der Waals surface area contributed by atoms with Crippen molar-refractivity contribution < 1.29 is 9.90 Å². The molecule has 1 aromatic carbocycles. The van der Waals surface area contributed by atoms with Gasteiger partial charge in [0, 0.05) is 13.0 Å². The zero-order valence-electron chi connectivity index (χ0n) is 8.94. The summed E-state index contributed by atoms with van der Waals surface area (Å²) in [5.74, 6) is -0.129. The van der Waals surface area contributed by atoms with Crippen LogP contribution >= 0.6 is 0 Å². The summed E-state index contributed by atoms with van der Waals surface area (Å²) in [6.45, 7) is 0.0993.